The summed E-state index contributed by atoms with van der Waals surface area (Å²) >= 11 is 3.31. The van der Waals surface area contributed by atoms with Crippen LogP contribution in [0.2, 0.25) is 0 Å². The van der Waals surface area contributed by atoms with Gasteiger partial charge >= 0.3 is 5.97 Å². The van der Waals surface area contributed by atoms with Crippen molar-refractivity contribution in [2.75, 3.05) is 5.32 Å². The van der Waals surface area contributed by atoms with Crippen LogP contribution in [-0.2, 0) is 11.3 Å². The molecule has 2 N–H and O–H groups in total. The lowest BCUT2D eigenvalue weighted by atomic mass is 10.3. The number of aromatic nitrogens is 2. The van der Waals surface area contributed by atoms with Crippen LogP contribution >= 0.6 is 15.9 Å². The molecule has 1 amide bonds. The van der Waals surface area contributed by atoms with Crippen LogP contribution in [-0.4, -0.2) is 26.8 Å². The summed E-state index contributed by atoms with van der Waals surface area (Å²) in [5.74, 6) is -1.33. The first-order valence-electron chi connectivity index (χ1n) is 5.78. The molecule has 0 radical (unpaired) electrons. The molecule has 0 aliphatic heterocycles. The number of amides is 1. The number of hydrogen-bond donors (Lipinski definition) is 2. The van der Waals surface area contributed by atoms with Gasteiger partial charge in [-0.15, -0.1) is 0 Å². The predicted octanol–water partition coefficient (Wildman–Crippen LogP) is 2.29. The minimum Gasteiger partial charge on any atom is -0.478 e. The highest BCUT2D eigenvalue weighted by Crippen LogP contribution is 2.15. The average Bonchev–Trinajstić information content (AvgIpc) is 2.70. The van der Waals surface area contributed by atoms with Crippen molar-refractivity contribution in [1.82, 2.24) is 9.78 Å². The molecule has 2 aromatic rings. The third kappa shape index (κ3) is 3.45. The Labute approximate surface area is 123 Å². The van der Waals surface area contributed by atoms with E-state index >= 15 is 0 Å². The van der Waals surface area contributed by atoms with Gasteiger partial charge in [0, 0.05) is 16.4 Å². The number of aromatic carboxylic acids is 1. The van der Waals surface area contributed by atoms with Gasteiger partial charge in [0.2, 0.25) is 5.91 Å². The number of carboxylic acid groups (broad SMARTS) is 1. The molecule has 104 valence electrons. The third-order valence-corrected chi connectivity index (χ3v) is 3.08. The zero-order chi connectivity index (χ0) is 14.7. The van der Waals surface area contributed by atoms with Crippen LogP contribution in [0.25, 0.3) is 0 Å². The molecule has 0 saturated carbocycles. The maximum atomic E-state index is 11.8. The molecule has 0 spiro atoms. The summed E-state index contributed by atoms with van der Waals surface area (Å²) in [5, 5.41) is 15.6. The number of rotatable bonds is 4. The van der Waals surface area contributed by atoms with Crippen molar-refractivity contribution in [2.24, 2.45) is 0 Å². The van der Waals surface area contributed by atoms with E-state index < -0.39 is 5.97 Å². The van der Waals surface area contributed by atoms with E-state index in [2.05, 4.69) is 26.3 Å². The molecular weight excluding hydrogens is 326 g/mol. The van der Waals surface area contributed by atoms with E-state index in [1.807, 2.05) is 6.07 Å². The van der Waals surface area contributed by atoms with Crippen molar-refractivity contribution in [1.29, 1.82) is 0 Å². The Morgan fingerprint density at radius 1 is 1.45 bits per heavy atom. The Balaban J connectivity index is 2.05. The fourth-order valence-electron chi connectivity index (χ4n) is 1.72. The number of halogens is 1. The SMILES string of the molecule is Cc1nn(CC(=O)Nc2cccc(Br)c2)cc1C(=O)O. The summed E-state index contributed by atoms with van der Waals surface area (Å²) in [6.45, 7) is 1.55. The van der Waals surface area contributed by atoms with Crippen LogP contribution in [0.4, 0.5) is 5.69 Å². The molecule has 7 heteroatoms. The highest BCUT2D eigenvalue weighted by Gasteiger charge is 2.13. The van der Waals surface area contributed by atoms with Gasteiger partial charge in [0.25, 0.3) is 0 Å². The van der Waals surface area contributed by atoms with E-state index in [1.165, 1.54) is 10.9 Å². The number of carbonyl (C=O) groups excluding carboxylic acids is 1. The number of aryl methyl sites for hydroxylation is 1. The lowest BCUT2D eigenvalue weighted by Gasteiger charge is -2.05. The van der Waals surface area contributed by atoms with Crippen molar-refractivity contribution in [3.8, 4) is 0 Å². The van der Waals surface area contributed by atoms with Gasteiger partial charge in [-0.1, -0.05) is 22.0 Å². The Bertz CT molecular complexity index is 667. The second-order valence-corrected chi connectivity index (χ2v) is 5.11. The Morgan fingerprint density at radius 3 is 2.80 bits per heavy atom. The van der Waals surface area contributed by atoms with E-state index in [4.69, 9.17) is 5.11 Å². The Morgan fingerprint density at radius 2 is 2.20 bits per heavy atom. The van der Waals surface area contributed by atoms with E-state index in [0.717, 1.165) is 4.47 Å². The molecule has 1 aromatic carbocycles. The van der Waals surface area contributed by atoms with E-state index in [-0.39, 0.29) is 18.0 Å². The summed E-state index contributed by atoms with van der Waals surface area (Å²) < 4.78 is 2.17. The van der Waals surface area contributed by atoms with Crippen LogP contribution in [0, 0.1) is 6.92 Å². The van der Waals surface area contributed by atoms with E-state index in [0.29, 0.717) is 11.4 Å². The molecule has 2 rings (SSSR count). The number of anilines is 1. The van der Waals surface area contributed by atoms with Gasteiger partial charge in [-0.25, -0.2) is 4.79 Å². The number of nitrogens with zero attached hydrogens (tertiary/aromatic N) is 2. The summed E-state index contributed by atoms with van der Waals surface area (Å²) in [7, 11) is 0. The predicted molar refractivity (Wildman–Crippen MR) is 76.7 cm³/mol. The Kier molecular flexibility index (Phi) is 4.19. The maximum absolute atomic E-state index is 11.8. The van der Waals surface area contributed by atoms with Gasteiger partial charge in [-0.3, -0.25) is 9.48 Å². The average molecular weight is 338 g/mol. The fourth-order valence-corrected chi connectivity index (χ4v) is 2.12. The number of benzene rings is 1. The second-order valence-electron chi connectivity index (χ2n) is 4.19. The first-order valence-corrected chi connectivity index (χ1v) is 6.58. The standard InChI is InChI=1S/C13H12BrN3O3/c1-8-11(13(19)20)6-17(16-8)7-12(18)15-10-4-2-3-9(14)5-10/h2-6H,7H2,1H3,(H,15,18)(H,19,20). The highest BCUT2D eigenvalue weighted by molar-refractivity contribution is 9.10. The molecule has 1 heterocycles. The molecule has 0 aliphatic carbocycles. The van der Waals surface area contributed by atoms with E-state index in [1.54, 1.807) is 25.1 Å². The summed E-state index contributed by atoms with van der Waals surface area (Å²) in [4.78, 5) is 22.7. The summed E-state index contributed by atoms with van der Waals surface area (Å²) in [6, 6.07) is 7.19. The molecule has 1 aromatic heterocycles. The smallest absolute Gasteiger partial charge is 0.339 e. The van der Waals surface area contributed by atoms with Crippen molar-refractivity contribution in [3.05, 3.63) is 46.2 Å². The minimum absolute atomic E-state index is 0.0410. The van der Waals surface area contributed by atoms with Gasteiger partial charge in [0.1, 0.15) is 12.1 Å². The molecule has 20 heavy (non-hydrogen) atoms. The largest absolute Gasteiger partial charge is 0.478 e. The van der Waals surface area contributed by atoms with Crippen LogP contribution in [0.5, 0.6) is 0 Å². The van der Waals surface area contributed by atoms with Crippen LogP contribution in [0.1, 0.15) is 16.1 Å². The van der Waals surface area contributed by atoms with Crippen molar-refractivity contribution < 1.29 is 14.7 Å². The number of nitrogens with one attached hydrogen (secondary N) is 1. The van der Waals surface area contributed by atoms with E-state index in [9.17, 15) is 9.59 Å². The quantitative estimate of drug-likeness (QED) is 0.896. The van der Waals surface area contributed by atoms with Gasteiger partial charge in [-0.2, -0.15) is 5.10 Å². The first-order chi connectivity index (χ1) is 9.45. The van der Waals surface area contributed by atoms with Gasteiger partial charge < -0.3 is 10.4 Å². The topological polar surface area (TPSA) is 84.2 Å². The molecule has 0 fully saturated rings. The number of carboxylic acids is 1. The van der Waals surface area contributed by atoms with Gasteiger partial charge in [0.05, 0.1) is 5.69 Å². The van der Waals surface area contributed by atoms with Gasteiger partial charge in [-0.05, 0) is 25.1 Å². The van der Waals surface area contributed by atoms with Gasteiger partial charge in [0.15, 0.2) is 0 Å². The lowest BCUT2D eigenvalue weighted by Crippen LogP contribution is -2.19. The minimum atomic E-state index is -1.05. The van der Waals surface area contributed by atoms with Crippen molar-refractivity contribution >= 4 is 33.5 Å². The van der Waals surface area contributed by atoms with Crippen LogP contribution in [0.15, 0.2) is 34.9 Å². The molecule has 0 aliphatic rings. The normalized spacial score (nSPS) is 10.3. The first kappa shape index (κ1) is 14.3. The molecule has 0 atom stereocenters. The number of carbonyl (C=O) groups is 2. The maximum Gasteiger partial charge on any atom is 0.339 e. The summed E-state index contributed by atoms with van der Waals surface area (Å²) in [6.07, 6.45) is 1.35. The van der Waals surface area contributed by atoms with Crippen LogP contribution < -0.4 is 5.32 Å². The molecule has 0 saturated heterocycles. The van der Waals surface area contributed by atoms with Crippen LogP contribution in [0.3, 0.4) is 0 Å². The molecule has 0 unspecified atom stereocenters. The monoisotopic (exact) mass is 337 g/mol. The third-order valence-electron chi connectivity index (χ3n) is 2.59. The molecule has 0 bridgehead atoms. The summed E-state index contributed by atoms with van der Waals surface area (Å²) in [5.41, 5.74) is 1.14. The van der Waals surface area contributed by atoms with Crippen molar-refractivity contribution in [3.63, 3.8) is 0 Å². The Hall–Kier alpha value is -2.15. The highest BCUT2D eigenvalue weighted by atomic mass is 79.9. The lowest BCUT2D eigenvalue weighted by molar-refractivity contribution is -0.116. The zero-order valence-electron chi connectivity index (χ0n) is 10.6. The zero-order valence-corrected chi connectivity index (χ0v) is 12.2. The molecular formula is C13H12BrN3O3. The fraction of sp³-hybridized carbons (Fsp3) is 0.154. The number of hydrogen-bond acceptors (Lipinski definition) is 3. The second kappa shape index (κ2) is 5.87. The van der Waals surface area contributed by atoms with Crippen molar-refractivity contribution in [2.45, 2.75) is 13.5 Å². The molecule has 6 nitrogen and oxygen atoms in total.